The maximum atomic E-state index is 13.9. The molecule has 0 amide bonds. The van der Waals surface area contributed by atoms with E-state index in [4.69, 9.17) is 35.5 Å². The molecule has 9 nitrogen and oxygen atoms in total. The number of benzene rings is 3. The minimum absolute atomic E-state index is 0.166. The normalized spacial score (nSPS) is 11.4. The number of aromatic nitrogens is 2. The summed E-state index contributed by atoms with van der Waals surface area (Å²) >= 11 is 10.2. The Balaban J connectivity index is 1.89. The van der Waals surface area contributed by atoms with Gasteiger partial charge in [0.05, 0.1) is 36.9 Å². The van der Waals surface area contributed by atoms with Crippen LogP contribution in [0.1, 0.15) is 57.2 Å². The maximum absolute atomic E-state index is 13.9. The molecular weight excluding hydrogens is 650 g/mol. The second kappa shape index (κ2) is 14.7. The average molecular weight is 685 g/mol. The molecule has 0 aliphatic carbocycles. The van der Waals surface area contributed by atoms with Crippen molar-refractivity contribution in [2.45, 2.75) is 47.5 Å². The zero-order valence-electron chi connectivity index (χ0n) is 25.6. The van der Waals surface area contributed by atoms with Crippen LogP contribution in [0.5, 0.6) is 17.2 Å². The van der Waals surface area contributed by atoms with Crippen molar-refractivity contribution in [3.63, 3.8) is 0 Å². The smallest absolute Gasteiger partial charge is 0.344 e. The Kier molecular flexibility index (Phi) is 11.0. The molecule has 0 radical (unpaired) electrons. The van der Waals surface area contributed by atoms with Gasteiger partial charge >= 0.3 is 5.97 Å². The van der Waals surface area contributed by atoms with Crippen LogP contribution in [0.2, 0.25) is 5.02 Å². The number of hydrogen-bond donors (Lipinski definition) is 0. The van der Waals surface area contributed by atoms with Crippen molar-refractivity contribution in [3.8, 4) is 28.6 Å². The molecule has 0 saturated carbocycles. The van der Waals surface area contributed by atoms with Gasteiger partial charge in [-0.25, -0.2) is 9.78 Å². The summed E-state index contributed by atoms with van der Waals surface area (Å²) in [4.78, 5) is 30.7. The highest BCUT2D eigenvalue weighted by Gasteiger charge is 2.21. The lowest BCUT2D eigenvalue weighted by Gasteiger charge is -2.18. The highest BCUT2D eigenvalue weighted by molar-refractivity contribution is 9.10. The van der Waals surface area contributed by atoms with Gasteiger partial charge in [-0.05, 0) is 91.0 Å². The molecule has 0 unspecified atom stereocenters. The SMILES string of the molecule is CCOC(=O)COc1c(OCC)cc(C=Nn2c(-c3cc(C(C)C)c(OCC)cc3C)nc3ccccc3c2=O)c(Br)c1Cl. The molecule has 44 heavy (non-hydrogen) atoms. The van der Waals surface area contributed by atoms with Crippen LogP contribution >= 0.6 is 27.5 Å². The molecule has 0 fully saturated rings. The van der Waals surface area contributed by atoms with E-state index in [2.05, 4.69) is 34.9 Å². The molecule has 0 spiro atoms. The highest BCUT2D eigenvalue weighted by Crippen LogP contribution is 2.42. The topological polar surface area (TPSA) is 101 Å². The van der Waals surface area contributed by atoms with E-state index < -0.39 is 5.97 Å². The zero-order valence-corrected chi connectivity index (χ0v) is 27.9. The fourth-order valence-corrected chi connectivity index (χ4v) is 5.28. The summed E-state index contributed by atoms with van der Waals surface area (Å²) in [6, 6.07) is 12.8. The molecule has 1 heterocycles. The van der Waals surface area contributed by atoms with E-state index in [1.54, 1.807) is 31.2 Å². The van der Waals surface area contributed by atoms with Gasteiger partial charge in [-0.15, -0.1) is 0 Å². The van der Waals surface area contributed by atoms with Crippen LogP contribution in [0.25, 0.3) is 22.3 Å². The number of para-hydroxylation sites is 1. The van der Waals surface area contributed by atoms with Crippen LogP contribution in [0.3, 0.4) is 0 Å². The second-order valence-corrected chi connectivity index (χ2v) is 11.2. The zero-order chi connectivity index (χ0) is 32.0. The molecular formula is C33H35BrClN3O6. The minimum Gasteiger partial charge on any atom is -0.494 e. The van der Waals surface area contributed by atoms with Gasteiger partial charge in [0.15, 0.2) is 23.9 Å². The summed E-state index contributed by atoms with van der Waals surface area (Å²) in [5, 5.41) is 5.24. The molecule has 4 rings (SSSR count). The fourth-order valence-electron chi connectivity index (χ4n) is 4.63. The van der Waals surface area contributed by atoms with Crippen molar-refractivity contribution in [3.05, 3.63) is 79.0 Å². The van der Waals surface area contributed by atoms with E-state index in [-0.39, 0.29) is 35.5 Å². The summed E-state index contributed by atoms with van der Waals surface area (Å²) in [5.41, 5.74) is 3.38. The largest absolute Gasteiger partial charge is 0.494 e. The number of hydrogen-bond acceptors (Lipinski definition) is 8. The van der Waals surface area contributed by atoms with E-state index in [0.29, 0.717) is 45.7 Å². The van der Waals surface area contributed by atoms with Crippen molar-refractivity contribution in [1.29, 1.82) is 0 Å². The number of ether oxygens (including phenoxy) is 4. The molecule has 0 bridgehead atoms. The van der Waals surface area contributed by atoms with Crippen LogP contribution in [0, 0.1) is 6.92 Å². The monoisotopic (exact) mass is 683 g/mol. The number of carbonyl (C=O) groups excluding carboxylic acids is 1. The van der Waals surface area contributed by atoms with E-state index >= 15 is 0 Å². The third-order valence-electron chi connectivity index (χ3n) is 6.68. The molecule has 0 N–H and O–H groups in total. The van der Waals surface area contributed by atoms with Crippen LogP contribution in [-0.2, 0) is 9.53 Å². The molecule has 0 atom stereocenters. The average Bonchev–Trinajstić information content (AvgIpc) is 2.99. The molecule has 11 heteroatoms. The molecule has 232 valence electrons. The van der Waals surface area contributed by atoms with Crippen LogP contribution < -0.4 is 19.8 Å². The Labute approximate surface area is 269 Å². The first-order valence-electron chi connectivity index (χ1n) is 14.4. The number of fused-ring (bicyclic) bond motifs is 1. The van der Waals surface area contributed by atoms with Gasteiger partial charge in [0, 0.05) is 15.6 Å². The highest BCUT2D eigenvalue weighted by atomic mass is 79.9. The summed E-state index contributed by atoms with van der Waals surface area (Å²) < 4.78 is 24.1. The van der Waals surface area contributed by atoms with Gasteiger partial charge < -0.3 is 18.9 Å². The quantitative estimate of drug-likeness (QED) is 0.112. The standard InChI is InChI=1S/C33H35BrClN3O6/c1-7-41-26-14-20(6)24(16-23(26)19(4)5)32-37-25-13-11-10-12-22(25)33(40)38(32)36-17-21-15-27(42-8-2)31(30(35)29(21)34)44-18-28(39)43-9-3/h10-17,19H,7-9,18H2,1-6H3. The third kappa shape index (κ3) is 7.08. The predicted molar refractivity (Wildman–Crippen MR) is 177 cm³/mol. The Morgan fingerprint density at radius 2 is 1.75 bits per heavy atom. The Morgan fingerprint density at radius 3 is 2.43 bits per heavy atom. The Morgan fingerprint density at radius 1 is 1.05 bits per heavy atom. The van der Waals surface area contributed by atoms with Crippen LogP contribution in [0.4, 0.5) is 0 Å². The number of carbonyl (C=O) groups is 1. The lowest BCUT2D eigenvalue weighted by Crippen LogP contribution is -2.21. The predicted octanol–water partition coefficient (Wildman–Crippen LogP) is 7.53. The summed E-state index contributed by atoms with van der Waals surface area (Å²) in [7, 11) is 0. The van der Waals surface area contributed by atoms with E-state index in [0.717, 1.165) is 22.4 Å². The fraction of sp³-hybridized carbons (Fsp3) is 0.333. The van der Waals surface area contributed by atoms with Crippen LogP contribution in [-0.4, -0.2) is 48.3 Å². The van der Waals surface area contributed by atoms with E-state index in [9.17, 15) is 9.59 Å². The van der Waals surface area contributed by atoms with Crippen molar-refractivity contribution >= 4 is 50.6 Å². The van der Waals surface area contributed by atoms with Gasteiger partial charge in [0.1, 0.15) is 10.8 Å². The van der Waals surface area contributed by atoms with Crippen molar-refractivity contribution in [2.75, 3.05) is 26.4 Å². The lowest BCUT2D eigenvalue weighted by atomic mass is 9.96. The third-order valence-corrected chi connectivity index (χ3v) is 8.12. The maximum Gasteiger partial charge on any atom is 0.344 e. The summed E-state index contributed by atoms with van der Waals surface area (Å²) in [5.74, 6) is 1.30. The van der Waals surface area contributed by atoms with Gasteiger partial charge in [-0.3, -0.25) is 4.79 Å². The second-order valence-electron chi connectivity index (χ2n) is 10.1. The first-order chi connectivity index (χ1) is 21.1. The molecule has 0 saturated heterocycles. The van der Waals surface area contributed by atoms with Gasteiger partial charge in [-0.2, -0.15) is 9.78 Å². The van der Waals surface area contributed by atoms with Crippen molar-refractivity contribution in [2.24, 2.45) is 5.10 Å². The lowest BCUT2D eigenvalue weighted by molar-refractivity contribution is -0.145. The summed E-state index contributed by atoms with van der Waals surface area (Å²) in [6.07, 6.45) is 1.50. The Hall–Kier alpha value is -3.89. The van der Waals surface area contributed by atoms with Gasteiger partial charge in [0.25, 0.3) is 5.56 Å². The number of esters is 1. The number of rotatable bonds is 12. The van der Waals surface area contributed by atoms with Crippen molar-refractivity contribution in [1.82, 2.24) is 9.66 Å². The molecule has 1 aromatic heterocycles. The number of aryl methyl sites for hydroxylation is 1. The van der Waals surface area contributed by atoms with Crippen molar-refractivity contribution < 1.29 is 23.7 Å². The molecule has 4 aromatic rings. The van der Waals surface area contributed by atoms with E-state index in [1.165, 1.54) is 10.9 Å². The van der Waals surface area contributed by atoms with Crippen LogP contribution in [0.15, 0.2) is 56.8 Å². The van der Waals surface area contributed by atoms with Gasteiger partial charge in [-0.1, -0.05) is 37.6 Å². The first kappa shape index (κ1) is 33.0. The first-order valence-corrected chi connectivity index (χ1v) is 15.5. The molecule has 0 aliphatic heterocycles. The minimum atomic E-state index is -0.534. The Bertz CT molecular complexity index is 1770. The van der Waals surface area contributed by atoms with E-state index in [1.807, 2.05) is 39.0 Å². The summed E-state index contributed by atoms with van der Waals surface area (Å²) in [6.45, 7) is 12.4. The molecule has 0 aliphatic rings. The molecule has 3 aromatic carbocycles. The number of halogens is 2. The van der Waals surface area contributed by atoms with Gasteiger partial charge in [0.2, 0.25) is 0 Å². The number of nitrogens with zero attached hydrogens (tertiary/aromatic N) is 3.